The number of anilines is 1. The zero-order valence-electron chi connectivity index (χ0n) is 10.9. The third-order valence-corrected chi connectivity index (χ3v) is 3.42. The molecule has 0 saturated carbocycles. The first-order valence-corrected chi connectivity index (χ1v) is 6.93. The van der Waals surface area contributed by atoms with Crippen LogP contribution in [0.15, 0.2) is 16.7 Å². The van der Waals surface area contributed by atoms with Crippen LogP contribution in [-0.2, 0) is 10.9 Å². The quantitative estimate of drug-likeness (QED) is 0.904. The van der Waals surface area contributed by atoms with Crippen LogP contribution in [0.25, 0.3) is 0 Å². The second kappa shape index (κ2) is 6.28. The Kier molecular flexibility index (Phi) is 4.87. The van der Waals surface area contributed by atoms with Gasteiger partial charge in [-0.05, 0) is 22.0 Å². The average Bonchev–Trinajstić information content (AvgIpc) is 2.38. The number of alkyl halides is 3. The summed E-state index contributed by atoms with van der Waals surface area (Å²) in [5.41, 5.74) is -0.752. The summed E-state index contributed by atoms with van der Waals surface area (Å²) in [4.78, 5) is 5.37. The largest absolute Gasteiger partial charge is 0.419 e. The van der Waals surface area contributed by atoms with Crippen molar-refractivity contribution in [2.45, 2.75) is 12.3 Å². The van der Waals surface area contributed by atoms with E-state index in [2.05, 4.69) is 26.2 Å². The molecule has 0 radical (unpaired) electrons. The van der Waals surface area contributed by atoms with E-state index < -0.39 is 11.7 Å². The van der Waals surface area contributed by atoms with Crippen molar-refractivity contribution >= 4 is 21.7 Å². The number of hydrogen-bond donors (Lipinski definition) is 1. The van der Waals surface area contributed by atoms with Gasteiger partial charge in [-0.3, -0.25) is 0 Å². The van der Waals surface area contributed by atoms with Gasteiger partial charge in [0, 0.05) is 37.4 Å². The van der Waals surface area contributed by atoms with E-state index >= 15 is 0 Å². The highest BCUT2D eigenvalue weighted by atomic mass is 79.9. The summed E-state index contributed by atoms with van der Waals surface area (Å²) in [7, 11) is 1.59. The first-order valence-electron chi connectivity index (χ1n) is 6.14. The highest BCUT2D eigenvalue weighted by Gasteiger charge is 2.36. The van der Waals surface area contributed by atoms with Crippen LogP contribution in [0.2, 0.25) is 0 Å². The van der Waals surface area contributed by atoms with E-state index in [0.717, 1.165) is 12.6 Å². The predicted octanol–water partition coefficient (Wildman–Crippen LogP) is 2.29. The van der Waals surface area contributed by atoms with Gasteiger partial charge in [-0.1, -0.05) is 0 Å². The Hall–Kier alpha value is -0.860. The number of rotatable bonds is 3. The predicted molar refractivity (Wildman–Crippen MR) is 72.8 cm³/mol. The van der Waals surface area contributed by atoms with Crippen molar-refractivity contribution in [1.82, 2.24) is 10.3 Å². The van der Waals surface area contributed by atoms with Crippen LogP contribution in [0.1, 0.15) is 5.56 Å². The number of ether oxygens (including phenoxy) is 1. The number of pyridine rings is 1. The molecule has 4 nitrogen and oxygen atoms in total. The molecule has 1 aromatic heterocycles. The molecule has 0 aromatic carbocycles. The Labute approximate surface area is 123 Å². The second-order valence-corrected chi connectivity index (χ2v) is 5.52. The van der Waals surface area contributed by atoms with Gasteiger partial charge < -0.3 is 15.0 Å². The number of likely N-dealkylation sites (N-methyl/N-ethyl adjacent to an activating group) is 1. The molecular formula is C12H15BrF3N3O. The molecule has 1 aliphatic rings. The molecule has 112 valence electrons. The molecule has 0 amide bonds. The molecular weight excluding hydrogens is 339 g/mol. The van der Waals surface area contributed by atoms with Gasteiger partial charge in [-0.2, -0.15) is 13.2 Å². The van der Waals surface area contributed by atoms with Gasteiger partial charge in [0.2, 0.25) is 0 Å². The average molecular weight is 354 g/mol. The van der Waals surface area contributed by atoms with Crippen molar-refractivity contribution in [2.75, 3.05) is 38.2 Å². The molecule has 0 aliphatic carbocycles. The van der Waals surface area contributed by atoms with Crippen molar-refractivity contribution in [3.05, 3.63) is 22.3 Å². The fourth-order valence-corrected chi connectivity index (χ4v) is 2.41. The number of aromatic nitrogens is 1. The van der Waals surface area contributed by atoms with Crippen molar-refractivity contribution < 1.29 is 17.9 Å². The summed E-state index contributed by atoms with van der Waals surface area (Å²) in [6.45, 7) is 2.32. The van der Waals surface area contributed by atoms with Crippen LogP contribution in [0.3, 0.4) is 0 Å². The van der Waals surface area contributed by atoms with Crippen LogP contribution in [0.4, 0.5) is 19.0 Å². The van der Waals surface area contributed by atoms with Crippen LogP contribution in [0, 0.1) is 0 Å². The van der Waals surface area contributed by atoms with Gasteiger partial charge >= 0.3 is 6.18 Å². The molecule has 1 aliphatic heterocycles. The zero-order chi connectivity index (χ0) is 14.8. The van der Waals surface area contributed by atoms with Gasteiger partial charge in [-0.25, -0.2) is 4.98 Å². The zero-order valence-corrected chi connectivity index (χ0v) is 12.5. The maximum absolute atomic E-state index is 13.0. The Bertz CT molecular complexity index is 464. The van der Waals surface area contributed by atoms with E-state index in [0.29, 0.717) is 24.2 Å². The van der Waals surface area contributed by atoms with E-state index in [1.807, 2.05) is 0 Å². The summed E-state index contributed by atoms with van der Waals surface area (Å²) in [6.07, 6.45) is -3.21. The van der Waals surface area contributed by atoms with Crippen LogP contribution >= 0.6 is 15.9 Å². The lowest BCUT2D eigenvalue weighted by Crippen LogP contribution is -2.44. The minimum absolute atomic E-state index is 0.0881. The van der Waals surface area contributed by atoms with E-state index in [-0.39, 0.29) is 11.9 Å². The fraction of sp³-hybridized carbons (Fsp3) is 0.583. The van der Waals surface area contributed by atoms with E-state index in [9.17, 15) is 13.2 Å². The molecule has 0 bridgehead atoms. The van der Waals surface area contributed by atoms with E-state index in [1.54, 1.807) is 7.05 Å². The SMILES string of the molecule is CN(CC1CNCCO1)c1ncc(Br)cc1C(F)(F)F. The Morgan fingerprint density at radius 1 is 1.55 bits per heavy atom. The molecule has 1 saturated heterocycles. The summed E-state index contributed by atoms with van der Waals surface area (Å²) >= 11 is 3.02. The van der Waals surface area contributed by atoms with Gasteiger partial charge in [0.25, 0.3) is 0 Å². The van der Waals surface area contributed by atoms with Crippen molar-refractivity contribution in [3.63, 3.8) is 0 Å². The van der Waals surface area contributed by atoms with Crippen molar-refractivity contribution in [1.29, 1.82) is 0 Å². The van der Waals surface area contributed by atoms with Crippen LogP contribution < -0.4 is 10.2 Å². The topological polar surface area (TPSA) is 37.4 Å². The lowest BCUT2D eigenvalue weighted by molar-refractivity contribution is -0.137. The lowest BCUT2D eigenvalue weighted by atomic mass is 10.2. The minimum atomic E-state index is -4.44. The first-order chi connectivity index (χ1) is 9.38. The summed E-state index contributed by atoms with van der Waals surface area (Å²) in [5.74, 6) is -0.0881. The monoisotopic (exact) mass is 353 g/mol. The molecule has 1 unspecified atom stereocenters. The number of halogens is 4. The third kappa shape index (κ3) is 3.83. The fourth-order valence-electron chi connectivity index (χ4n) is 2.07. The van der Waals surface area contributed by atoms with E-state index in [4.69, 9.17) is 4.74 Å². The molecule has 1 atom stereocenters. The standard InChI is InChI=1S/C12H15BrF3N3O/c1-19(7-9-6-17-2-3-20-9)11-10(12(14,15)16)4-8(13)5-18-11/h4-5,9,17H,2-3,6-7H2,1H3. The van der Waals surface area contributed by atoms with Crippen molar-refractivity contribution in [3.8, 4) is 0 Å². The Morgan fingerprint density at radius 3 is 2.90 bits per heavy atom. The Balaban J connectivity index is 2.18. The van der Waals surface area contributed by atoms with Gasteiger partial charge in [-0.15, -0.1) is 0 Å². The third-order valence-electron chi connectivity index (χ3n) is 2.98. The number of hydrogen-bond acceptors (Lipinski definition) is 4. The van der Waals surface area contributed by atoms with Crippen molar-refractivity contribution in [2.24, 2.45) is 0 Å². The lowest BCUT2D eigenvalue weighted by Gasteiger charge is -2.29. The smallest absolute Gasteiger partial charge is 0.374 e. The van der Waals surface area contributed by atoms with Gasteiger partial charge in [0.15, 0.2) is 0 Å². The maximum Gasteiger partial charge on any atom is 0.419 e. The second-order valence-electron chi connectivity index (χ2n) is 4.60. The highest BCUT2D eigenvalue weighted by molar-refractivity contribution is 9.10. The summed E-state index contributed by atoms with van der Waals surface area (Å²) in [5, 5.41) is 3.14. The summed E-state index contributed by atoms with van der Waals surface area (Å²) < 4.78 is 44.9. The van der Waals surface area contributed by atoms with Gasteiger partial charge in [0.1, 0.15) is 5.82 Å². The molecule has 2 heterocycles. The minimum Gasteiger partial charge on any atom is -0.374 e. The van der Waals surface area contributed by atoms with Crippen LogP contribution in [0.5, 0.6) is 0 Å². The normalized spacial score (nSPS) is 19.9. The molecule has 0 spiro atoms. The molecule has 20 heavy (non-hydrogen) atoms. The molecule has 2 rings (SSSR count). The molecule has 8 heteroatoms. The Morgan fingerprint density at radius 2 is 2.30 bits per heavy atom. The van der Waals surface area contributed by atoms with Gasteiger partial charge in [0.05, 0.1) is 18.3 Å². The van der Waals surface area contributed by atoms with Crippen LogP contribution in [-0.4, -0.2) is 44.4 Å². The number of morpholine rings is 1. The molecule has 1 fully saturated rings. The first kappa shape index (κ1) is 15.5. The van der Waals surface area contributed by atoms with E-state index in [1.165, 1.54) is 11.1 Å². The summed E-state index contributed by atoms with van der Waals surface area (Å²) in [6, 6.07) is 1.04. The number of nitrogens with one attached hydrogen (secondary N) is 1. The number of nitrogens with zero attached hydrogens (tertiary/aromatic N) is 2. The molecule has 1 N–H and O–H groups in total. The molecule has 1 aromatic rings. The maximum atomic E-state index is 13.0. The highest BCUT2D eigenvalue weighted by Crippen LogP contribution is 2.36.